The highest BCUT2D eigenvalue weighted by atomic mass is 16.5. The van der Waals surface area contributed by atoms with Gasteiger partial charge in [0.25, 0.3) is 11.8 Å². The molecular weight excluding hydrogens is 376 g/mol. The fourth-order valence-electron chi connectivity index (χ4n) is 3.49. The lowest BCUT2D eigenvalue weighted by Crippen LogP contribution is -2.39. The second-order valence-corrected chi connectivity index (χ2v) is 6.59. The summed E-state index contributed by atoms with van der Waals surface area (Å²) in [5, 5.41) is 9.66. The summed E-state index contributed by atoms with van der Waals surface area (Å²) in [5.74, 6) is 0.899. The Balaban J connectivity index is 1.58. The first kappa shape index (κ1) is 18.7. The van der Waals surface area contributed by atoms with Crippen LogP contribution < -0.4 is 19.1 Å². The van der Waals surface area contributed by atoms with Gasteiger partial charge in [0.2, 0.25) is 0 Å². The molecule has 0 bridgehead atoms. The molecule has 9 nitrogen and oxygen atoms in total. The smallest absolute Gasteiger partial charge is 0.263 e. The lowest BCUT2D eigenvalue weighted by atomic mass is 10.1. The quantitative estimate of drug-likeness (QED) is 0.695. The van der Waals surface area contributed by atoms with Gasteiger partial charge in [-0.1, -0.05) is 17.4 Å². The summed E-state index contributed by atoms with van der Waals surface area (Å²) in [6, 6.07) is 10.7. The van der Waals surface area contributed by atoms with Crippen molar-refractivity contribution < 1.29 is 23.8 Å². The molecule has 2 aromatic rings. The molecule has 1 fully saturated rings. The SMILES string of the molecule is COc1ccc(CN2N=N[C@@H]3C(=O)N(c4ccc(OC)c(OC)c4)C(=O)[C@H]32)cc1. The van der Waals surface area contributed by atoms with Crippen LogP contribution in [-0.4, -0.2) is 50.2 Å². The number of carbonyl (C=O) groups is 2. The van der Waals surface area contributed by atoms with E-state index in [1.165, 1.54) is 14.2 Å². The van der Waals surface area contributed by atoms with Crippen LogP contribution in [0, 0.1) is 0 Å². The second-order valence-electron chi connectivity index (χ2n) is 6.59. The molecular formula is C20H20N4O5. The minimum atomic E-state index is -0.853. The van der Waals surface area contributed by atoms with Gasteiger partial charge in [-0.05, 0) is 29.8 Å². The van der Waals surface area contributed by atoms with E-state index in [1.54, 1.807) is 30.3 Å². The molecule has 4 rings (SSSR count). The Morgan fingerprint density at radius 3 is 2.28 bits per heavy atom. The van der Waals surface area contributed by atoms with Crippen molar-refractivity contribution in [3.8, 4) is 17.2 Å². The molecule has 0 radical (unpaired) electrons. The average molecular weight is 396 g/mol. The van der Waals surface area contributed by atoms with E-state index < -0.39 is 18.0 Å². The number of benzene rings is 2. The molecule has 2 aliphatic rings. The Labute approximate surface area is 167 Å². The highest BCUT2D eigenvalue weighted by Gasteiger charge is 2.54. The van der Waals surface area contributed by atoms with Gasteiger partial charge >= 0.3 is 0 Å². The lowest BCUT2D eigenvalue weighted by Gasteiger charge is -2.21. The lowest BCUT2D eigenvalue weighted by molar-refractivity contribution is -0.123. The largest absolute Gasteiger partial charge is 0.497 e. The van der Waals surface area contributed by atoms with Crippen LogP contribution in [0.2, 0.25) is 0 Å². The van der Waals surface area contributed by atoms with Gasteiger partial charge in [-0.15, -0.1) is 0 Å². The summed E-state index contributed by atoms with van der Waals surface area (Å²) in [4.78, 5) is 27.1. The van der Waals surface area contributed by atoms with Crippen molar-refractivity contribution in [2.45, 2.75) is 18.6 Å². The van der Waals surface area contributed by atoms with Gasteiger partial charge in [0.05, 0.1) is 33.6 Å². The third-order valence-electron chi connectivity index (χ3n) is 4.99. The third-order valence-corrected chi connectivity index (χ3v) is 4.99. The maximum atomic E-state index is 13.1. The monoisotopic (exact) mass is 396 g/mol. The van der Waals surface area contributed by atoms with Crippen molar-refractivity contribution in [2.24, 2.45) is 10.3 Å². The highest BCUT2D eigenvalue weighted by Crippen LogP contribution is 2.37. The number of ether oxygens (including phenoxy) is 3. The van der Waals surface area contributed by atoms with Gasteiger partial charge in [-0.25, -0.2) is 4.90 Å². The van der Waals surface area contributed by atoms with Crippen molar-refractivity contribution in [2.75, 3.05) is 26.2 Å². The van der Waals surface area contributed by atoms with Crippen LogP contribution in [0.5, 0.6) is 17.2 Å². The standard InChI is InChI=1S/C20H20N4O5/c1-27-14-7-4-12(5-8-14)11-23-18-17(21-22-23)19(25)24(20(18)26)13-6-9-15(28-2)16(10-13)29-3/h4-10,17-18H,11H2,1-3H3/t17-,18-/m0/s1. The number of methoxy groups -OCH3 is 3. The van der Waals surface area contributed by atoms with Crippen molar-refractivity contribution in [1.29, 1.82) is 0 Å². The summed E-state index contributed by atoms with van der Waals surface area (Å²) < 4.78 is 15.7. The number of anilines is 1. The average Bonchev–Trinajstić information content (AvgIpc) is 3.27. The van der Waals surface area contributed by atoms with Gasteiger partial charge in [0.15, 0.2) is 23.6 Å². The molecule has 0 aromatic heterocycles. The summed E-state index contributed by atoms with van der Waals surface area (Å²) in [6.45, 7) is 0.355. The van der Waals surface area contributed by atoms with Crippen molar-refractivity contribution in [1.82, 2.24) is 5.01 Å². The Hall–Kier alpha value is -3.62. The van der Waals surface area contributed by atoms with E-state index in [1.807, 2.05) is 24.3 Å². The zero-order valence-corrected chi connectivity index (χ0v) is 16.2. The molecule has 0 unspecified atom stereocenters. The molecule has 0 spiro atoms. The fourth-order valence-corrected chi connectivity index (χ4v) is 3.49. The molecule has 2 aliphatic heterocycles. The molecule has 2 atom stereocenters. The van der Waals surface area contributed by atoms with Crippen LogP contribution in [0.4, 0.5) is 5.69 Å². The maximum absolute atomic E-state index is 13.1. The van der Waals surface area contributed by atoms with Gasteiger partial charge in [-0.3, -0.25) is 14.6 Å². The van der Waals surface area contributed by atoms with Crippen LogP contribution in [0.1, 0.15) is 5.56 Å². The molecule has 150 valence electrons. The summed E-state index contributed by atoms with van der Waals surface area (Å²) in [7, 11) is 4.61. The number of amides is 2. The molecule has 2 aromatic carbocycles. The number of fused-ring (bicyclic) bond motifs is 1. The van der Waals surface area contributed by atoms with E-state index in [-0.39, 0.29) is 5.91 Å². The van der Waals surface area contributed by atoms with Gasteiger partial charge in [0.1, 0.15) is 5.75 Å². The molecule has 0 saturated carbocycles. The molecule has 1 saturated heterocycles. The number of nitrogens with zero attached hydrogens (tertiary/aromatic N) is 4. The molecule has 2 heterocycles. The minimum Gasteiger partial charge on any atom is -0.497 e. The van der Waals surface area contributed by atoms with Crippen molar-refractivity contribution in [3.63, 3.8) is 0 Å². The number of imide groups is 1. The van der Waals surface area contributed by atoms with Crippen LogP contribution >= 0.6 is 0 Å². The van der Waals surface area contributed by atoms with Crippen LogP contribution in [0.15, 0.2) is 52.8 Å². The number of rotatable bonds is 6. The summed E-state index contributed by atoms with van der Waals surface area (Å²) in [6.07, 6.45) is 0. The minimum absolute atomic E-state index is 0.355. The van der Waals surface area contributed by atoms with Gasteiger partial charge in [-0.2, -0.15) is 5.11 Å². The van der Waals surface area contributed by atoms with Crippen LogP contribution in [0.3, 0.4) is 0 Å². The zero-order valence-electron chi connectivity index (χ0n) is 16.2. The van der Waals surface area contributed by atoms with E-state index >= 15 is 0 Å². The normalized spacial score (nSPS) is 20.2. The topological polar surface area (TPSA) is 93.0 Å². The molecule has 0 N–H and O–H groups in total. The Kier molecular flexibility index (Phi) is 4.79. The Morgan fingerprint density at radius 1 is 0.897 bits per heavy atom. The summed E-state index contributed by atoms with van der Waals surface area (Å²) >= 11 is 0. The molecule has 29 heavy (non-hydrogen) atoms. The van der Waals surface area contributed by atoms with Gasteiger partial charge < -0.3 is 14.2 Å². The van der Waals surface area contributed by atoms with E-state index in [4.69, 9.17) is 14.2 Å². The maximum Gasteiger partial charge on any atom is 0.263 e. The second kappa shape index (κ2) is 7.42. The third kappa shape index (κ3) is 3.14. The predicted molar refractivity (Wildman–Crippen MR) is 103 cm³/mol. The summed E-state index contributed by atoms with van der Waals surface area (Å²) in [5.41, 5.74) is 1.34. The van der Waals surface area contributed by atoms with Crippen LogP contribution in [0.25, 0.3) is 0 Å². The number of hydrogen-bond acceptors (Lipinski definition) is 8. The highest BCUT2D eigenvalue weighted by molar-refractivity contribution is 6.25. The molecule has 2 amide bonds. The first-order valence-corrected chi connectivity index (χ1v) is 8.97. The molecule has 9 heteroatoms. The number of carbonyl (C=O) groups excluding carboxylic acids is 2. The molecule has 0 aliphatic carbocycles. The fraction of sp³-hybridized carbons (Fsp3) is 0.300. The van der Waals surface area contributed by atoms with Crippen molar-refractivity contribution in [3.05, 3.63) is 48.0 Å². The van der Waals surface area contributed by atoms with E-state index in [0.29, 0.717) is 23.7 Å². The van der Waals surface area contributed by atoms with E-state index in [0.717, 1.165) is 16.2 Å². The van der Waals surface area contributed by atoms with Crippen LogP contribution in [-0.2, 0) is 16.1 Å². The Morgan fingerprint density at radius 2 is 1.62 bits per heavy atom. The van der Waals surface area contributed by atoms with E-state index in [9.17, 15) is 9.59 Å². The van der Waals surface area contributed by atoms with E-state index in [2.05, 4.69) is 10.3 Å². The first-order chi connectivity index (χ1) is 14.1. The zero-order chi connectivity index (χ0) is 20.5. The Bertz CT molecular complexity index is 975. The van der Waals surface area contributed by atoms with Gasteiger partial charge in [0, 0.05) is 6.07 Å². The van der Waals surface area contributed by atoms with Crippen molar-refractivity contribution >= 4 is 17.5 Å². The predicted octanol–water partition coefficient (Wildman–Crippen LogP) is 2.21. The first-order valence-electron chi connectivity index (χ1n) is 8.97. The number of hydrogen-bond donors (Lipinski definition) is 0.